The fourth-order valence-corrected chi connectivity index (χ4v) is 8.04. The molecule has 2 nitrogen and oxygen atoms in total. The highest BCUT2D eigenvalue weighted by atomic mass is 14.6. The zero-order chi connectivity index (χ0) is 33.0. The van der Waals surface area contributed by atoms with Crippen molar-refractivity contribution in [2.24, 2.45) is 0 Å². The van der Waals surface area contributed by atoms with Crippen LogP contribution in [0.2, 0.25) is 0 Å². The van der Waals surface area contributed by atoms with E-state index in [1.165, 1.54) is 66.4 Å². The van der Waals surface area contributed by atoms with E-state index < -0.39 is 5.41 Å². The van der Waals surface area contributed by atoms with E-state index in [0.29, 0.717) is 0 Å². The number of nitrogens with two attached hydrogens (primary N) is 2. The van der Waals surface area contributed by atoms with Gasteiger partial charge in [-0.1, -0.05) is 126 Å². The van der Waals surface area contributed by atoms with Crippen molar-refractivity contribution in [2.75, 3.05) is 11.5 Å². The van der Waals surface area contributed by atoms with E-state index in [9.17, 15) is 0 Å². The first-order valence-electron chi connectivity index (χ1n) is 18.4. The highest BCUT2D eigenvalue weighted by Crippen LogP contribution is 2.58. The molecule has 244 valence electrons. The Hall–Kier alpha value is -4.04. The first-order valence-corrected chi connectivity index (χ1v) is 18.4. The third-order valence-corrected chi connectivity index (χ3v) is 10.7. The van der Waals surface area contributed by atoms with Crippen molar-refractivity contribution in [1.29, 1.82) is 0 Å². The number of aryl methyl sites for hydroxylation is 4. The molecule has 0 amide bonds. The third kappa shape index (κ3) is 5.97. The van der Waals surface area contributed by atoms with Crippen LogP contribution in [0.5, 0.6) is 0 Å². The number of hydrogen-bond acceptors (Lipinski definition) is 2. The Balaban J connectivity index is 1.76. The van der Waals surface area contributed by atoms with E-state index >= 15 is 0 Å². The lowest BCUT2D eigenvalue weighted by Crippen LogP contribution is -2.30. The maximum atomic E-state index is 7.04. The summed E-state index contributed by atoms with van der Waals surface area (Å²) in [6.07, 6.45) is 13.1. The molecule has 0 heterocycles. The van der Waals surface area contributed by atoms with Crippen LogP contribution in [0.4, 0.5) is 11.4 Å². The smallest absolute Gasteiger partial charge is 0.0714 e. The minimum Gasteiger partial charge on any atom is -0.398 e. The Kier molecular flexibility index (Phi) is 10.1. The maximum Gasteiger partial charge on any atom is 0.0714 e. The molecule has 4 N–H and O–H groups in total. The quantitative estimate of drug-likeness (QED) is 0.119. The van der Waals surface area contributed by atoms with Crippen LogP contribution in [0.3, 0.4) is 0 Å². The number of hydrogen-bond donors (Lipinski definition) is 2. The molecule has 6 rings (SSSR count). The number of rotatable bonds is 14. The molecule has 0 unspecified atom stereocenters. The summed E-state index contributed by atoms with van der Waals surface area (Å²) >= 11 is 0. The topological polar surface area (TPSA) is 52.0 Å². The summed E-state index contributed by atoms with van der Waals surface area (Å²) in [6, 6.07) is 32.9. The summed E-state index contributed by atoms with van der Waals surface area (Å²) in [5, 5.41) is 2.56. The Labute approximate surface area is 283 Å². The van der Waals surface area contributed by atoms with Gasteiger partial charge in [0.25, 0.3) is 0 Å². The molecule has 0 aromatic heterocycles. The SMILES string of the molecule is CCCCc1cc(C2(c3cc(CCCC)c(N)c(CCCC)c3)c3ccccc3-c3cc4ccccc4cc32)cc(CCCC)c1N. The first-order chi connectivity index (χ1) is 23.0. The Bertz CT molecular complexity index is 1730. The highest BCUT2D eigenvalue weighted by molar-refractivity contribution is 5.96. The van der Waals surface area contributed by atoms with Gasteiger partial charge in [0.15, 0.2) is 0 Å². The molecule has 0 aliphatic heterocycles. The highest BCUT2D eigenvalue weighted by Gasteiger charge is 2.47. The van der Waals surface area contributed by atoms with E-state index in [1.807, 2.05) is 0 Å². The van der Waals surface area contributed by atoms with Crippen LogP contribution in [0.25, 0.3) is 21.9 Å². The van der Waals surface area contributed by atoms with Crippen molar-refractivity contribution in [3.05, 3.63) is 129 Å². The molecule has 5 aromatic rings. The second-order valence-corrected chi connectivity index (χ2v) is 13.9. The Morgan fingerprint density at radius 3 is 1.30 bits per heavy atom. The van der Waals surface area contributed by atoms with Gasteiger partial charge in [0.05, 0.1) is 5.41 Å². The first kappa shape index (κ1) is 32.9. The van der Waals surface area contributed by atoms with Crippen LogP contribution in [0.1, 0.15) is 124 Å². The second-order valence-electron chi connectivity index (χ2n) is 13.9. The summed E-state index contributed by atoms with van der Waals surface area (Å²) in [7, 11) is 0. The van der Waals surface area contributed by atoms with Gasteiger partial charge in [0, 0.05) is 11.4 Å². The molecule has 2 heteroatoms. The normalized spacial score (nSPS) is 13.2. The Morgan fingerprint density at radius 1 is 0.447 bits per heavy atom. The molecule has 0 spiro atoms. The zero-order valence-corrected chi connectivity index (χ0v) is 29.2. The standard InChI is InChI=1S/C45H54N2/c1-5-9-17-33-25-37(26-34(43(33)46)18-10-6-2)45(38-27-35(19-11-7-3)44(47)36(28-38)20-12-8-4)41-24-16-15-23-39(41)40-29-31-21-13-14-22-32(31)30-42(40)45/h13-16,21-30H,5-12,17-20,46-47H2,1-4H3. The van der Waals surface area contributed by atoms with Crippen LogP contribution in [0.15, 0.2) is 84.9 Å². The molecular formula is C45H54N2. The lowest BCUT2D eigenvalue weighted by atomic mass is 9.66. The minimum absolute atomic E-state index is 0.485. The van der Waals surface area contributed by atoms with E-state index in [4.69, 9.17) is 11.5 Å². The van der Waals surface area contributed by atoms with Crippen molar-refractivity contribution in [1.82, 2.24) is 0 Å². The van der Waals surface area contributed by atoms with Gasteiger partial charge >= 0.3 is 0 Å². The number of benzene rings is 5. The van der Waals surface area contributed by atoms with Gasteiger partial charge in [-0.3, -0.25) is 0 Å². The van der Waals surface area contributed by atoms with Crippen molar-refractivity contribution >= 4 is 22.1 Å². The molecule has 0 fully saturated rings. The van der Waals surface area contributed by atoms with Gasteiger partial charge in [-0.2, -0.15) is 0 Å². The van der Waals surface area contributed by atoms with Crippen molar-refractivity contribution in [3.63, 3.8) is 0 Å². The van der Waals surface area contributed by atoms with Crippen LogP contribution in [-0.2, 0) is 31.1 Å². The third-order valence-electron chi connectivity index (χ3n) is 10.7. The largest absolute Gasteiger partial charge is 0.398 e. The van der Waals surface area contributed by atoms with Crippen LogP contribution in [0, 0.1) is 0 Å². The lowest BCUT2D eigenvalue weighted by Gasteiger charge is -2.36. The minimum atomic E-state index is -0.485. The molecule has 0 atom stereocenters. The molecule has 0 saturated heterocycles. The Morgan fingerprint density at radius 2 is 0.851 bits per heavy atom. The predicted molar refractivity (Wildman–Crippen MR) is 205 cm³/mol. The summed E-state index contributed by atoms with van der Waals surface area (Å²) in [4.78, 5) is 0. The average molecular weight is 623 g/mol. The molecule has 47 heavy (non-hydrogen) atoms. The predicted octanol–water partition coefficient (Wildman–Crippen LogP) is 11.7. The summed E-state index contributed by atoms with van der Waals surface area (Å²) in [6.45, 7) is 9.10. The van der Waals surface area contributed by atoms with Gasteiger partial charge < -0.3 is 11.5 Å². The van der Waals surface area contributed by atoms with Crippen molar-refractivity contribution in [3.8, 4) is 11.1 Å². The van der Waals surface area contributed by atoms with Gasteiger partial charge in [-0.25, -0.2) is 0 Å². The summed E-state index contributed by atoms with van der Waals surface area (Å²) in [5.41, 5.74) is 28.9. The lowest BCUT2D eigenvalue weighted by molar-refractivity contribution is 0.736. The fourth-order valence-electron chi connectivity index (χ4n) is 8.04. The number of nitrogen functional groups attached to an aromatic ring is 2. The van der Waals surface area contributed by atoms with E-state index in [0.717, 1.165) is 88.4 Å². The van der Waals surface area contributed by atoms with E-state index in [2.05, 4.69) is 113 Å². The van der Waals surface area contributed by atoms with E-state index in [1.54, 1.807) is 0 Å². The summed E-state index contributed by atoms with van der Waals surface area (Å²) in [5.74, 6) is 0. The second kappa shape index (κ2) is 14.4. The molecule has 0 bridgehead atoms. The van der Waals surface area contributed by atoms with Gasteiger partial charge in [-0.05, 0) is 130 Å². The van der Waals surface area contributed by atoms with Crippen LogP contribution in [-0.4, -0.2) is 0 Å². The maximum absolute atomic E-state index is 7.04. The zero-order valence-electron chi connectivity index (χ0n) is 29.2. The van der Waals surface area contributed by atoms with Crippen LogP contribution >= 0.6 is 0 Å². The van der Waals surface area contributed by atoms with Gasteiger partial charge in [0.1, 0.15) is 0 Å². The molecule has 0 saturated carbocycles. The van der Waals surface area contributed by atoms with Crippen LogP contribution < -0.4 is 11.5 Å². The summed E-state index contributed by atoms with van der Waals surface area (Å²) < 4.78 is 0. The van der Waals surface area contributed by atoms with Crippen molar-refractivity contribution < 1.29 is 0 Å². The fraction of sp³-hybridized carbons (Fsp3) is 0.378. The molecule has 5 aromatic carbocycles. The molecular weight excluding hydrogens is 569 g/mol. The average Bonchev–Trinajstić information content (AvgIpc) is 3.38. The number of fused-ring (bicyclic) bond motifs is 4. The van der Waals surface area contributed by atoms with Gasteiger partial charge in [-0.15, -0.1) is 0 Å². The van der Waals surface area contributed by atoms with Gasteiger partial charge in [0.2, 0.25) is 0 Å². The van der Waals surface area contributed by atoms with Crippen molar-refractivity contribution in [2.45, 2.75) is 110 Å². The molecule has 1 aliphatic rings. The number of anilines is 2. The van der Waals surface area contributed by atoms with E-state index in [-0.39, 0.29) is 0 Å². The monoisotopic (exact) mass is 622 g/mol. The molecule has 1 aliphatic carbocycles. The molecule has 0 radical (unpaired) electrons. The number of unbranched alkanes of at least 4 members (excludes halogenated alkanes) is 4.